The number of nitrogens with one attached hydrogen (secondary N) is 1. The van der Waals surface area contributed by atoms with Crippen LogP contribution in [0.5, 0.6) is 5.75 Å². The van der Waals surface area contributed by atoms with Crippen molar-refractivity contribution >= 4 is 39.2 Å². The number of carbonyl (C=O) groups is 1. The standard InChI is InChI=1S/C21H22BrN7O4/c1-26-19(32)15(22)16(20(33)27(26)2)25-14-6-3-5-13(17(14)30)18(31)28-9-11-29(12-10-28)21-23-7-4-8-24-21/h3-8,25,30H,9-12H2,1-2H3. The molecule has 0 unspecified atom stereocenters. The number of aromatic hydroxyl groups is 1. The summed E-state index contributed by atoms with van der Waals surface area (Å²) in [5, 5.41) is 13.6. The summed E-state index contributed by atoms with van der Waals surface area (Å²) in [5.74, 6) is -0.0218. The van der Waals surface area contributed by atoms with Gasteiger partial charge in [0, 0.05) is 52.7 Å². The Morgan fingerprint density at radius 1 is 1.00 bits per heavy atom. The number of hydrogen-bond acceptors (Lipinski definition) is 8. The highest BCUT2D eigenvalue weighted by Gasteiger charge is 2.26. The molecule has 11 nitrogen and oxygen atoms in total. The molecule has 1 fully saturated rings. The third-order valence-corrected chi connectivity index (χ3v) is 6.32. The molecule has 172 valence electrons. The first-order valence-corrected chi connectivity index (χ1v) is 10.9. The highest BCUT2D eigenvalue weighted by atomic mass is 79.9. The van der Waals surface area contributed by atoms with E-state index < -0.39 is 11.1 Å². The molecule has 1 saturated heterocycles. The molecule has 0 saturated carbocycles. The molecule has 4 rings (SSSR count). The molecule has 3 aromatic rings. The summed E-state index contributed by atoms with van der Waals surface area (Å²) < 4.78 is 2.35. The predicted molar refractivity (Wildman–Crippen MR) is 126 cm³/mol. The van der Waals surface area contributed by atoms with Gasteiger partial charge in [-0.1, -0.05) is 6.07 Å². The second-order valence-corrected chi connectivity index (χ2v) is 8.29. The van der Waals surface area contributed by atoms with Gasteiger partial charge in [0.05, 0.1) is 11.3 Å². The van der Waals surface area contributed by atoms with Gasteiger partial charge >= 0.3 is 0 Å². The lowest BCUT2D eigenvalue weighted by Crippen LogP contribution is -2.49. The molecule has 1 aliphatic heterocycles. The van der Waals surface area contributed by atoms with E-state index in [4.69, 9.17) is 0 Å². The van der Waals surface area contributed by atoms with E-state index in [9.17, 15) is 19.5 Å². The fourth-order valence-corrected chi connectivity index (χ4v) is 4.10. The Labute approximate surface area is 197 Å². The van der Waals surface area contributed by atoms with Crippen LogP contribution >= 0.6 is 15.9 Å². The van der Waals surface area contributed by atoms with Gasteiger partial charge in [0.1, 0.15) is 10.2 Å². The van der Waals surface area contributed by atoms with Crippen molar-refractivity contribution in [3.8, 4) is 5.75 Å². The molecular formula is C21H22BrN7O4. The number of piperazine rings is 1. The lowest BCUT2D eigenvalue weighted by Gasteiger charge is -2.34. The number of nitrogens with zero attached hydrogens (tertiary/aromatic N) is 6. The lowest BCUT2D eigenvalue weighted by atomic mass is 10.1. The maximum Gasteiger partial charge on any atom is 0.289 e. The topological polar surface area (TPSA) is 126 Å². The largest absolute Gasteiger partial charge is 0.505 e. The van der Waals surface area contributed by atoms with Gasteiger partial charge in [-0.15, -0.1) is 0 Å². The van der Waals surface area contributed by atoms with Crippen LogP contribution in [0.1, 0.15) is 10.4 Å². The number of aromatic nitrogens is 4. The maximum absolute atomic E-state index is 13.1. The Morgan fingerprint density at radius 2 is 1.64 bits per heavy atom. The van der Waals surface area contributed by atoms with E-state index in [1.165, 1.54) is 26.2 Å². The molecule has 1 aromatic carbocycles. The van der Waals surface area contributed by atoms with Crippen molar-refractivity contribution in [1.82, 2.24) is 24.2 Å². The molecular weight excluding hydrogens is 494 g/mol. The summed E-state index contributed by atoms with van der Waals surface area (Å²) in [6.45, 7) is 2.00. The van der Waals surface area contributed by atoms with Crippen LogP contribution in [0.3, 0.4) is 0 Å². The number of anilines is 3. The van der Waals surface area contributed by atoms with Gasteiger partial charge in [-0.3, -0.25) is 14.4 Å². The number of phenols is 1. The normalized spacial score (nSPS) is 13.8. The van der Waals surface area contributed by atoms with E-state index in [1.54, 1.807) is 29.4 Å². The number of carbonyl (C=O) groups excluding carboxylic acids is 1. The number of phenolic OH excluding ortho intramolecular Hbond substituents is 1. The zero-order chi connectivity index (χ0) is 23.7. The van der Waals surface area contributed by atoms with Gasteiger partial charge in [0.25, 0.3) is 17.0 Å². The van der Waals surface area contributed by atoms with Gasteiger partial charge in [0.15, 0.2) is 5.75 Å². The molecule has 12 heteroatoms. The first kappa shape index (κ1) is 22.5. The summed E-state index contributed by atoms with van der Waals surface area (Å²) in [4.78, 5) is 50.2. The van der Waals surface area contributed by atoms with Crippen molar-refractivity contribution in [2.24, 2.45) is 14.1 Å². The Hall–Kier alpha value is -3.67. The monoisotopic (exact) mass is 515 g/mol. The number of benzene rings is 1. The van der Waals surface area contributed by atoms with E-state index in [1.807, 2.05) is 4.90 Å². The number of rotatable bonds is 4. The third kappa shape index (κ3) is 4.21. The minimum atomic E-state index is -0.473. The molecule has 0 atom stereocenters. The summed E-state index contributed by atoms with van der Waals surface area (Å²) in [5.41, 5.74) is -0.688. The van der Waals surface area contributed by atoms with Crippen LogP contribution in [0.2, 0.25) is 0 Å². The molecule has 1 aliphatic rings. The fraction of sp³-hybridized carbons (Fsp3) is 0.286. The molecule has 0 bridgehead atoms. The lowest BCUT2D eigenvalue weighted by molar-refractivity contribution is 0.0743. The zero-order valence-electron chi connectivity index (χ0n) is 18.0. The predicted octanol–water partition coefficient (Wildman–Crippen LogP) is 1.05. The third-order valence-electron chi connectivity index (χ3n) is 5.59. The summed E-state index contributed by atoms with van der Waals surface area (Å²) >= 11 is 3.15. The van der Waals surface area contributed by atoms with Crippen molar-refractivity contribution in [2.45, 2.75) is 0 Å². The second-order valence-electron chi connectivity index (χ2n) is 7.50. The number of amides is 1. The Kier molecular flexibility index (Phi) is 6.18. The number of para-hydroxylation sites is 1. The van der Waals surface area contributed by atoms with Crippen LogP contribution < -0.4 is 21.3 Å². The molecule has 2 aromatic heterocycles. The molecule has 33 heavy (non-hydrogen) atoms. The molecule has 3 heterocycles. The van der Waals surface area contributed by atoms with E-state index in [0.717, 1.165) is 9.36 Å². The first-order valence-electron chi connectivity index (χ1n) is 10.2. The van der Waals surface area contributed by atoms with Crippen LogP contribution in [0.4, 0.5) is 17.3 Å². The van der Waals surface area contributed by atoms with E-state index in [-0.39, 0.29) is 33.1 Å². The highest BCUT2D eigenvalue weighted by Crippen LogP contribution is 2.31. The van der Waals surface area contributed by atoms with Gasteiger partial charge < -0.3 is 20.2 Å². The Bertz CT molecular complexity index is 1310. The average Bonchev–Trinajstić information content (AvgIpc) is 2.85. The van der Waals surface area contributed by atoms with Crippen LogP contribution in [-0.4, -0.2) is 61.4 Å². The molecule has 2 N–H and O–H groups in total. The maximum atomic E-state index is 13.1. The van der Waals surface area contributed by atoms with Crippen molar-refractivity contribution in [3.63, 3.8) is 0 Å². The summed E-state index contributed by atoms with van der Waals surface area (Å²) in [6, 6.07) is 6.39. The number of hydrogen-bond donors (Lipinski definition) is 2. The van der Waals surface area contributed by atoms with Crippen molar-refractivity contribution in [1.29, 1.82) is 0 Å². The van der Waals surface area contributed by atoms with Crippen LogP contribution in [0.25, 0.3) is 0 Å². The van der Waals surface area contributed by atoms with Crippen LogP contribution in [0.15, 0.2) is 50.7 Å². The minimum absolute atomic E-state index is 0.0306. The van der Waals surface area contributed by atoms with Crippen molar-refractivity contribution < 1.29 is 9.90 Å². The number of halogens is 1. The summed E-state index contributed by atoms with van der Waals surface area (Å²) in [6.07, 6.45) is 3.34. The van der Waals surface area contributed by atoms with Gasteiger partial charge in [0.2, 0.25) is 5.95 Å². The zero-order valence-corrected chi connectivity index (χ0v) is 19.6. The van der Waals surface area contributed by atoms with Gasteiger partial charge in [-0.2, -0.15) is 0 Å². The average molecular weight is 516 g/mol. The first-order chi connectivity index (χ1) is 15.8. The van der Waals surface area contributed by atoms with E-state index in [0.29, 0.717) is 32.1 Å². The van der Waals surface area contributed by atoms with Gasteiger partial charge in [-0.25, -0.2) is 19.3 Å². The molecule has 0 aliphatic carbocycles. The second kappa shape index (κ2) is 9.06. The Morgan fingerprint density at radius 3 is 2.30 bits per heavy atom. The fourth-order valence-electron chi connectivity index (χ4n) is 3.57. The van der Waals surface area contributed by atoms with Gasteiger partial charge in [-0.05, 0) is 34.1 Å². The quantitative estimate of drug-likeness (QED) is 0.493. The molecule has 0 radical (unpaired) electrons. The molecule has 1 amide bonds. The summed E-state index contributed by atoms with van der Waals surface area (Å²) in [7, 11) is 2.93. The van der Waals surface area contributed by atoms with Crippen LogP contribution in [0, 0.1) is 0 Å². The Balaban J connectivity index is 1.55. The van der Waals surface area contributed by atoms with Crippen molar-refractivity contribution in [3.05, 3.63) is 67.4 Å². The molecule has 0 spiro atoms. The SMILES string of the molecule is Cn1c(=O)c(Br)c(Nc2cccc(C(=O)N3CCN(c4ncccn4)CC3)c2O)c(=O)n1C. The minimum Gasteiger partial charge on any atom is -0.505 e. The van der Waals surface area contributed by atoms with Crippen molar-refractivity contribution in [2.75, 3.05) is 36.4 Å². The highest BCUT2D eigenvalue weighted by molar-refractivity contribution is 9.10. The van der Waals surface area contributed by atoms with Crippen LogP contribution in [-0.2, 0) is 14.1 Å². The van der Waals surface area contributed by atoms with E-state index in [2.05, 4.69) is 31.2 Å². The smallest absolute Gasteiger partial charge is 0.289 e. The van der Waals surface area contributed by atoms with E-state index >= 15 is 0 Å².